The molecule has 1 nitrogen and oxygen atoms in total. The van der Waals surface area contributed by atoms with Crippen LogP contribution < -0.4 is 0 Å². The van der Waals surface area contributed by atoms with Crippen LogP contribution in [0.25, 0.3) is 0 Å². The molecule has 0 heterocycles. The third-order valence-electron chi connectivity index (χ3n) is 0.486. The van der Waals surface area contributed by atoms with Crippen LogP contribution in [-0.4, -0.2) is 11.1 Å². The maximum Gasteiger partial charge on any atom is 0.213 e. The van der Waals surface area contributed by atoms with E-state index in [2.05, 4.69) is 15.9 Å². The molecule has 1 unspecified atom stereocenters. The fraction of sp³-hybridized carbons (Fsp3) is 0.750. The Hall–Kier alpha value is 0.150. The van der Waals surface area contributed by atoms with Crippen molar-refractivity contribution in [2.24, 2.45) is 0 Å². The van der Waals surface area contributed by atoms with Crippen molar-refractivity contribution in [3.63, 3.8) is 0 Å². The molecule has 0 N–H and O–H groups in total. The zero-order valence-electron chi connectivity index (χ0n) is 3.57. The summed E-state index contributed by atoms with van der Waals surface area (Å²) in [4.78, 5) is 9.51. The summed E-state index contributed by atoms with van der Waals surface area (Å²) >= 11 is 3.05. The van der Waals surface area contributed by atoms with Crippen LogP contribution in [0.4, 0.5) is 0 Å². The van der Waals surface area contributed by atoms with Crippen LogP contribution in [0.5, 0.6) is 0 Å². The van der Waals surface area contributed by atoms with E-state index in [1.807, 2.05) is 6.92 Å². The lowest BCUT2D eigenvalue weighted by Gasteiger charge is -1.85. The number of halogens is 1. The highest BCUT2D eigenvalue weighted by atomic mass is 79.9. The van der Waals surface area contributed by atoms with Gasteiger partial charge in [0.1, 0.15) is 0 Å². The summed E-state index contributed by atoms with van der Waals surface area (Å²) in [7, 11) is 0. The molecule has 0 aromatic carbocycles. The van der Waals surface area contributed by atoms with Gasteiger partial charge in [0.15, 0.2) is 0 Å². The van der Waals surface area contributed by atoms with E-state index in [1.165, 1.54) is 0 Å². The lowest BCUT2D eigenvalue weighted by molar-refractivity contribution is 0.552. The maximum atomic E-state index is 9.56. The van der Waals surface area contributed by atoms with E-state index in [1.54, 1.807) is 6.29 Å². The SMILES string of the molecule is CCC(Br)[C]=O. The Morgan fingerprint density at radius 2 is 2.50 bits per heavy atom. The highest BCUT2D eigenvalue weighted by molar-refractivity contribution is 9.09. The molecule has 0 saturated heterocycles. The average Bonchev–Trinajstić information content (AvgIpc) is 1.65. The molecule has 1 radical (unpaired) electrons. The largest absolute Gasteiger partial charge is 0.290 e. The van der Waals surface area contributed by atoms with Crippen molar-refractivity contribution >= 4 is 22.2 Å². The van der Waals surface area contributed by atoms with Crippen molar-refractivity contribution in [1.82, 2.24) is 0 Å². The molecule has 0 rings (SSSR count). The average molecular weight is 150 g/mol. The molecule has 35 valence electrons. The van der Waals surface area contributed by atoms with Gasteiger partial charge in [-0.25, -0.2) is 0 Å². The van der Waals surface area contributed by atoms with E-state index in [4.69, 9.17) is 0 Å². The number of alkyl halides is 1. The second kappa shape index (κ2) is 3.34. The molecule has 0 aromatic rings. The predicted molar refractivity (Wildman–Crippen MR) is 28.7 cm³/mol. The van der Waals surface area contributed by atoms with E-state index in [9.17, 15) is 4.79 Å². The van der Waals surface area contributed by atoms with Gasteiger partial charge in [-0.2, -0.15) is 0 Å². The van der Waals surface area contributed by atoms with Gasteiger partial charge in [-0.05, 0) is 6.42 Å². The summed E-state index contributed by atoms with van der Waals surface area (Å²) in [5, 5.41) is 0. The Morgan fingerprint density at radius 3 is 2.50 bits per heavy atom. The Bertz CT molecular complexity index is 44.8. The standard InChI is InChI=1S/C4H6BrO/c1-2-4(5)3-6/h4H,2H2,1H3. The summed E-state index contributed by atoms with van der Waals surface area (Å²) in [6, 6.07) is 0. The number of rotatable bonds is 2. The van der Waals surface area contributed by atoms with E-state index in [-0.39, 0.29) is 4.83 Å². The van der Waals surface area contributed by atoms with Gasteiger partial charge in [-0.15, -0.1) is 0 Å². The first-order valence-corrected chi connectivity index (χ1v) is 2.74. The second-order valence-corrected chi connectivity index (χ2v) is 2.10. The van der Waals surface area contributed by atoms with Gasteiger partial charge < -0.3 is 0 Å². The monoisotopic (exact) mass is 149 g/mol. The molecule has 0 amide bonds. The Morgan fingerprint density at radius 1 is 2.00 bits per heavy atom. The summed E-state index contributed by atoms with van der Waals surface area (Å²) in [6.45, 7) is 1.92. The minimum atomic E-state index is -0.0579. The van der Waals surface area contributed by atoms with Crippen molar-refractivity contribution in [3.8, 4) is 0 Å². The fourth-order valence-electron chi connectivity index (χ4n) is 0.0833. The minimum absolute atomic E-state index is 0.0579. The zero-order valence-corrected chi connectivity index (χ0v) is 5.16. The summed E-state index contributed by atoms with van der Waals surface area (Å²) in [5.74, 6) is 0. The van der Waals surface area contributed by atoms with Gasteiger partial charge in [0.25, 0.3) is 0 Å². The van der Waals surface area contributed by atoms with Crippen LogP contribution in [0.3, 0.4) is 0 Å². The molecule has 0 fully saturated rings. The summed E-state index contributed by atoms with van der Waals surface area (Å²) in [5.41, 5.74) is 0. The lowest BCUT2D eigenvalue weighted by atomic mass is 10.4. The molecule has 0 aromatic heterocycles. The first kappa shape index (κ1) is 6.15. The highest BCUT2D eigenvalue weighted by Crippen LogP contribution is 1.97. The third kappa shape index (κ3) is 2.39. The first-order chi connectivity index (χ1) is 2.81. The smallest absolute Gasteiger partial charge is 0.213 e. The molecule has 0 aliphatic heterocycles. The first-order valence-electron chi connectivity index (χ1n) is 1.83. The lowest BCUT2D eigenvalue weighted by Crippen LogP contribution is -1.92. The van der Waals surface area contributed by atoms with Crippen molar-refractivity contribution in [2.75, 3.05) is 0 Å². The minimum Gasteiger partial charge on any atom is -0.290 e. The maximum absolute atomic E-state index is 9.56. The Labute approximate surface area is 45.9 Å². The van der Waals surface area contributed by atoms with Gasteiger partial charge >= 0.3 is 0 Å². The van der Waals surface area contributed by atoms with Crippen LogP contribution in [0.1, 0.15) is 13.3 Å². The molecule has 6 heavy (non-hydrogen) atoms. The Kier molecular flexibility index (Phi) is 3.43. The van der Waals surface area contributed by atoms with Gasteiger partial charge in [0, 0.05) is 0 Å². The molecular formula is C4H6BrO. The second-order valence-electron chi connectivity index (χ2n) is 0.994. The molecule has 0 aliphatic rings. The molecular weight excluding hydrogens is 144 g/mol. The zero-order chi connectivity index (χ0) is 4.99. The van der Waals surface area contributed by atoms with Crippen molar-refractivity contribution < 1.29 is 4.79 Å². The van der Waals surface area contributed by atoms with Crippen LogP contribution in [0.15, 0.2) is 0 Å². The summed E-state index contributed by atoms with van der Waals surface area (Å²) in [6.07, 6.45) is 2.60. The van der Waals surface area contributed by atoms with Crippen molar-refractivity contribution in [3.05, 3.63) is 0 Å². The molecule has 2 heteroatoms. The van der Waals surface area contributed by atoms with Gasteiger partial charge in [-0.1, -0.05) is 22.9 Å². The van der Waals surface area contributed by atoms with E-state index < -0.39 is 0 Å². The predicted octanol–water partition coefficient (Wildman–Crippen LogP) is 1.27. The molecule has 0 bridgehead atoms. The van der Waals surface area contributed by atoms with E-state index in [0.717, 1.165) is 6.42 Å². The van der Waals surface area contributed by atoms with Crippen molar-refractivity contribution in [1.29, 1.82) is 0 Å². The van der Waals surface area contributed by atoms with Gasteiger partial charge in [0.05, 0.1) is 4.83 Å². The van der Waals surface area contributed by atoms with Crippen LogP contribution in [0.2, 0.25) is 0 Å². The summed E-state index contributed by atoms with van der Waals surface area (Å²) < 4.78 is 0. The van der Waals surface area contributed by atoms with E-state index >= 15 is 0 Å². The Balaban J connectivity index is 2.96. The van der Waals surface area contributed by atoms with Crippen LogP contribution >= 0.6 is 15.9 Å². The normalized spacial score (nSPS) is 13.7. The number of hydrogen-bond donors (Lipinski definition) is 0. The number of hydrogen-bond acceptors (Lipinski definition) is 1. The molecule has 0 spiro atoms. The molecule has 1 atom stereocenters. The van der Waals surface area contributed by atoms with Crippen molar-refractivity contribution in [2.45, 2.75) is 18.2 Å². The molecule has 0 saturated carbocycles. The highest BCUT2D eigenvalue weighted by Gasteiger charge is 1.93. The quantitative estimate of drug-likeness (QED) is 0.541. The van der Waals surface area contributed by atoms with Gasteiger partial charge in [-0.3, -0.25) is 4.79 Å². The topological polar surface area (TPSA) is 17.1 Å². The molecule has 0 aliphatic carbocycles. The third-order valence-corrected chi connectivity index (χ3v) is 1.32. The van der Waals surface area contributed by atoms with Crippen LogP contribution in [0, 0.1) is 0 Å². The van der Waals surface area contributed by atoms with Gasteiger partial charge in [0.2, 0.25) is 6.29 Å². The van der Waals surface area contributed by atoms with E-state index in [0.29, 0.717) is 0 Å². The fourth-order valence-corrected chi connectivity index (χ4v) is 0.0833. The number of carbonyl (C=O) groups excluding carboxylic acids is 1. The van der Waals surface area contributed by atoms with Crippen LogP contribution in [-0.2, 0) is 4.79 Å².